The Morgan fingerprint density at radius 3 is 3.06 bits per heavy atom. The first-order chi connectivity index (χ1) is 7.94. The quantitative estimate of drug-likeness (QED) is 0.809. The van der Waals surface area contributed by atoms with Crippen molar-refractivity contribution in [3.63, 3.8) is 0 Å². The maximum absolute atomic E-state index is 11.6. The molecule has 1 unspecified atom stereocenters. The Morgan fingerprint density at radius 1 is 1.59 bits per heavy atom. The summed E-state index contributed by atoms with van der Waals surface area (Å²) in [6, 6.07) is 0.131. The fourth-order valence-electron chi connectivity index (χ4n) is 1.96. The van der Waals surface area contributed by atoms with E-state index in [1.807, 2.05) is 27.0 Å². The smallest absolute Gasteiger partial charge is 0.407 e. The maximum Gasteiger partial charge on any atom is 0.407 e. The summed E-state index contributed by atoms with van der Waals surface area (Å²) in [5, 5.41) is 2.90. The summed E-state index contributed by atoms with van der Waals surface area (Å²) in [5.41, 5.74) is 0.783. The number of nitrogens with one attached hydrogen (secondary N) is 1. The van der Waals surface area contributed by atoms with Gasteiger partial charge in [0, 0.05) is 18.4 Å². The van der Waals surface area contributed by atoms with Crippen LogP contribution in [0.15, 0.2) is 12.5 Å². The highest BCUT2D eigenvalue weighted by Crippen LogP contribution is 2.15. The number of nitrogens with zero attached hydrogens (tertiary/aromatic N) is 2. The number of fused-ring (bicyclic) bond motifs is 1. The number of alkyl carbamates (subject to hydrolysis) is 1. The van der Waals surface area contributed by atoms with Crippen LogP contribution in [0.4, 0.5) is 4.79 Å². The number of amides is 1. The highest BCUT2D eigenvalue weighted by molar-refractivity contribution is 5.68. The molecule has 0 bridgehead atoms. The van der Waals surface area contributed by atoms with Gasteiger partial charge in [-0.15, -0.1) is 0 Å². The van der Waals surface area contributed by atoms with Crippen molar-refractivity contribution in [1.82, 2.24) is 14.9 Å². The van der Waals surface area contributed by atoms with E-state index < -0.39 is 5.60 Å². The van der Waals surface area contributed by atoms with Crippen LogP contribution in [0.1, 0.15) is 32.9 Å². The molecule has 0 saturated carbocycles. The molecule has 1 aliphatic heterocycles. The minimum absolute atomic E-state index is 0.131. The van der Waals surface area contributed by atoms with Crippen LogP contribution in [0, 0.1) is 0 Å². The zero-order valence-corrected chi connectivity index (χ0v) is 10.6. The van der Waals surface area contributed by atoms with Gasteiger partial charge in [-0.2, -0.15) is 0 Å². The van der Waals surface area contributed by atoms with E-state index >= 15 is 0 Å². The molecule has 1 aromatic rings. The molecule has 0 radical (unpaired) electrons. The van der Waals surface area contributed by atoms with Gasteiger partial charge in [0.2, 0.25) is 0 Å². The van der Waals surface area contributed by atoms with Crippen LogP contribution in [-0.4, -0.2) is 27.3 Å². The molecule has 2 heterocycles. The predicted molar refractivity (Wildman–Crippen MR) is 63.7 cm³/mol. The molecular formula is C12H19N3O2. The summed E-state index contributed by atoms with van der Waals surface area (Å²) in [7, 11) is 0. The normalized spacial score (nSPS) is 19.6. The topological polar surface area (TPSA) is 56.1 Å². The van der Waals surface area contributed by atoms with E-state index in [1.165, 1.54) is 5.69 Å². The second-order valence-corrected chi connectivity index (χ2v) is 5.42. The van der Waals surface area contributed by atoms with Crippen LogP contribution in [-0.2, 0) is 17.7 Å². The average molecular weight is 237 g/mol. The van der Waals surface area contributed by atoms with Crippen molar-refractivity contribution in [3.8, 4) is 0 Å². The molecule has 0 aliphatic carbocycles. The van der Waals surface area contributed by atoms with Gasteiger partial charge in [-0.1, -0.05) is 0 Å². The minimum atomic E-state index is -0.446. The summed E-state index contributed by atoms with van der Waals surface area (Å²) in [6.45, 7) is 6.36. The van der Waals surface area contributed by atoms with E-state index in [2.05, 4.69) is 14.9 Å². The van der Waals surface area contributed by atoms with Gasteiger partial charge in [-0.05, 0) is 33.6 Å². The highest BCUT2D eigenvalue weighted by Gasteiger charge is 2.22. The zero-order valence-electron chi connectivity index (χ0n) is 10.6. The van der Waals surface area contributed by atoms with Gasteiger partial charge in [0.1, 0.15) is 5.60 Å². The predicted octanol–water partition coefficient (Wildman–Crippen LogP) is 1.72. The van der Waals surface area contributed by atoms with E-state index in [0.717, 1.165) is 19.4 Å². The largest absolute Gasteiger partial charge is 0.444 e. The Hall–Kier alpha value is -1.52. The van der Waals surface area contributed by atoms with Crippen LogP contribution in [0.2, 0.25) is 0 Å². The van der Waals surface area contributed by atoms with Crippen LogP contribution < -0.4 is 5.32 Å². The van der Waals surface area contributed by atoms with Crippen LogP contribution in [0.5, 0.6) is 0 Å². The van der Waals surface area contributed by atoms with Gasteiger partial charge >= 0.3 is 6.09 Å². The molecule has 0 saturated heterocycles. The first kappa shape index (κ1) is 12.0. The van der Waals surface area contributed by atoms with Gasteiger partial charge in [0.25, 0.3) is 0 Å². The Labute approximate surface area is 101 Å². The molecule has 1 amide bonds. The first-order valence-corrected chi connectivity index (χ1v) is 5.92. The lowest BCUT2D eigenvalue weighted by Crippen LogP contribution is -2.43. The second kappa shape index (κ2) is 4.39. The van der Waals surface area contributed by atoms with Crippen molar-refractivity contribution in [2.75, 3.05) is 0 Å². The summed E-state index contributed by atoms with van der Waals surface area (Å²) in [5.74, 6) is 0. The van der Waals surface area contributed by atoms with Gasteiger partial charge in [0.05, 0.1) is 12.4 Å². The lowest BCUT2D eigenvalue weighted by molar-refractivity contribution is 0.0493. The third-order valence-corrected chi connectivity index (χ3v) is 2.69. The Bertz CT molecular complexity index is 406. The molecule has 1 aromatic heterocycles. The Morgan fingerprint density at radius 2 is 2.35 bits per heavy atom. The van der Waals surface area contributed by atoms with E-state index in [4.69, 9.17) is 4.74 Å². The minimum Gasteiger partial charge on any atom is -0.444 e. The van der Waals surface area contributed by atoms with E-state index in [0.29, 0.717) is 0 Å². The third kappa shape index (κ3) is 3.22. The average Bonchev–Trinajstić information content (AvgIpc) is 2.61. The molecular weight excluding hydrogens is 218 g/mol. The molecule has 1 N–H and O–H groups in total. The molecule has 1 aliphatic rings. The SMILES string of the molecule is CC(C)(C)OC(=O)NC1CCc2cncn2C1. The lowest BCUT2D eigenvalue weighted by Gasteiger charge is -2.27. The number of hydrogen-bond donors (Lipinski definition) is 1. The molecule has 5 heteroatoms. The van der Waals surface area contributed by atoms with Gasteiger partial charge in [-0.25, -0.2) is 9.78 Å². The fourth-order valence-corrected chi connectivity index (χ4v) is 1.96. The molecule has 0 fully saturated rings. The van der Waals surface area contributed by atoms with Crippen molar-refractivity contribution in [2.24, 2.45) is 0 Å². The Kier molecular flexibility index (Phi) is 3.09. The van der Waals surface area contributed by atoms with E-state index in [1.54, 1.807) is 6.33 Å². The Balaban J connectivity index is 1.88. The van der Waals surface area contributed by atoms with Crippen molar-refractivity contribution in [1.29, 1.82) is 0 Å². The number of ether oxygens (including phenoxy) is 1. The summed E-state index contributed by atoms with van der Waals surface area (Å²) in [6.07, 6.45) is 5.22. The number of imidazole rings is 1. The molecule has 1 atom stereocenters. The van der Waals surface area contributed by atoms with Crippen LogP contribution in [0.3, 0.4) is 0 Å². The third-order valence-electron chi connectivity index (χ3n) is 2.69. The molecule has 2 rings (SSSR count). The van der Waals surface area contributed by atoms with Crippen molar-refractivity contribution < 1.29 is 9.53 Å². The lowest BCUT2D eigenvalue weighted by atomic mass is 10.1. The number of carbonyl (C=O) groups excluding carboxylic acids is 1. The highest BCUT2D eigenvalue weighted by atomic mass is 16.6. The number of aryl methyl sites for hydroxylation is 1. The van der Waals surface area contributed by atoms with Gasteiger partial charge in [-0.3, -0.25) is 0 Å². The molecule has 0 aromatic carbocycles. The number of hydrogen-bond acceptors (Lipinski definition) is 3. The molecule has 0 spiro atoms. The van der Waals surface area contributed by atoms with Gasteiger partial charge < -0.3 is 14.6 Å². The van der Waals surface area contributed by atoms with Crippen LogP contribution in [0.25, 0.3) is 0 Å². The summed E-state index contributed by atoms with van der Waals surface area (Å²) >= 11 is 0. The number of aromatic nitrogens is 2. The van der Waals surface area contributed by atoms with Crippen molar-refractivity contribution in [2.45, 2.75) is 51.8 Å². The summed E-state index contributed by atoms with van der Waals surface area (Å²) in [4.78, 5) is 15.7. The zero-order chi connectivity index (χ0) is 12.5. The van der Waals surface area contributed by atoms with Crippen molar-refractivity contribution >= 4 is 6.09 Å². The fraction of sp³-hybridized carbons (Fsp3) is 0.667. The maximum atomic E-state index is 11.6. The standard InChI is InChI=1S/C12H19N3O2/c1-12(2,3)17-11(16)14-9-4-5-10-6-13-8-15(10)7-9/h6,8-9H,4-5,7H2,1-3H3,(H,14,16). The number of rotatable bonds is 1. The van der Waals surface area contributed by atoms with Gasteiger partial charge in [0.15, 0.2) is 0 Å². The monoisotopic (exact) mass is 237 g/mol. The number of carbonyl (C=O) groups is 1. The van der Waals surface area contributed by atoms with Crippen molar-refractivity contribution in [3.05, 3.63) is 18.2 Å². The van der Waals surface area contributed by atoms with Crippen LogP contribution >= 0.6 is 0 Å². The molecule has 94 valence electrons. The first-order valence-electron chi connectivity index (χ1n) is 5.92. The van der Waals surface area contributed by atoms with E-state index in [9.17, 15) is 4.79 Å². The summed E-state index contributed by atoms with van der Waals surface area (Å²) < 4.78 is 7.31. The molecule has 5 nitrogen and oxygen atoms in total. The second-order valence-electron chi connectivity index (χ2n) is 5.42. The molecule has 17 heavy (non-hydrogen) atoms. The van der Waals surface area contributed by atoms with E-state index in [-0.39, 0.29) is 12.1 Å².